The number of carbonyl (C=O) groups excluding carboxylic acids is 1. The molecule has 0 amide bonds. The van der Waals surface area contributed by atoms with Gasteiger partial charge in [-0.3, -0.25) is 0 Å². The fourth-order valence-corrected chi connectivity index (χ4v) is 1.52. The van der Waals surface area contributed by atoms with E-state index in [-0.39, 0.29) is 29.6 Å². The van der Waals surface area contributed by atoms with Crippen molar-refractivity contribution in [2.75, 3.05) is 0 Å². The van der Waals surface area contributed by atoms with Gasteiger partial charge in [-0.25, -0.2) is 0 Å². The van der Waals surface area contributed by atoms with E-state index in [0.717, 1.165) is 19.3 Å². The van der Waals surface area contributed by atoms with Crippen LogP contribution in [0.25, 0.3) is 0 Å². The van der Waals surface area contributed by atoms with Gasteiger partial charge in [-0.05, 0) is 12.8 Å². The van der Waals surface area contributed by atoms with Crippen LogP contribution in [-0.2, 0) is 4.79 Å². The Balaban J connectivity index is 0.00000121. The minimum atomic E-state index is -1.19. The summed E-state index contributed by atoms with van der Waals surface area (Å²) in [7, 11) is 0. The summed E-state index contributed by atoms with van der Waals surface area (Å²) in [5.74, 6) is -1.19. The van der Waals surface area contributed by atoms with Gasteiger partial charge in [-0.2, -0.15) is 5.26 Å². The van der Waals surface area contributed by atoms with Gasteiger partial charge in [0.05, 0.1) is 17.5 Å². The number of hydrogen-bond acceptors (Lipinski definition) is 3. The molecule has 1 saturated carbocycles. The van der Waals surface area contributed by atoms with Gasteiger partial charge in [-0.15, -0.1) is 0 Å². The molecule has 12 heavy (non-hydrogen) atoms. The first-order valence-electron chi connectivity index (χ1n) is 3.84. The standard InChI is InChI=1S/C8H11NO2.Na/c9-6-8(7(10)11)4-2-1-3-5-8;/h1-5H2,(H,10,11);/q;+1/p-1. The van der Waals surface area contributed by atoms with Crippen LogP contribution < -0.4 is 34.7 Å². The third-order valence-corrected chi connectivity index (χ3v) is 2.31. The summed E-state index contributed by atoms with van der Waals surface area (Å²) >= 11 is 0. The number of rotatable bonds is 1. The van der Waals surface area contributed by atoms with Gasteiger partial charge in [0.1, 0.15) is 0 Å². The number of carboxylic acids is 1. The van der Waals surface area contributed by atoms with Gasteiger partial charge in [0, 0.05) is 0 Å². The summed E-state index contributed by atoms with van der Waals surface area (Å²) in [6.07, 6.45) is 3.64. The molecule has 1 rings (SSSR count). The molecular formula is C8H10NNaO2. The Morgan fingerprint density at radius 2 is 1.83 bits per heavy atom. The quantitative estimate of drug-likeness (QED) is 0.405. The minimum Gasteiger partial charge on any atom is -0.548 e. The van der Waals surface area contributed by atoms with Crippen molar-refractivity contribution in [3.05, 3.63) is 0 Å². The molecule has 1 aliphatic carbocycles. The van der Waals surface area contributed by atoms with Crippen LogP contribution in [-0.4, -0.2) is 5.97 Å². The second kappa shape index (κ2) is 4.86. The van der Waals surface area contributed by atoms with E-state index in [1.807, 2.05) is 6.07 Å². The molecule has 0 heterocycles. The normalized spacial score (nSPS) is 20.2. The Morgan fingerprint density at radius 3 is 2.08 bits per heavy atom. The van der Waals surface area contributed by atoms with Crippen LogP contribution in [0.2, 0.25) is 0 Å². The van der Waals surface area contributed by atoms with Crippen molar-refractivity contribution >= 4 is 5.97 Å². The molecule has 0 bridgehead atoms. The zero-order chi connectivity index (χ0) is 8.32. The molecule has 0 saturated heterocycles. The second-order valence-electron chi connectivity index (χ2n) is 3.04. The second-order valence-corrected chi connectivity index (χ2v) is 3.04. The number of carboxylic acid groups (broad SMARTS) is 1. The van der Waals surface area contributed by atoms with Crippen molar-refractivity contribution in [2.24, 2.45) is 5.41 Å². The smallest absolute Gasteiger partial charge is 0.548 e. The molecule has 0 N–H and O–H groups in total. The first kappa shape index (κ1) is 12.0. The van der Waals surface area contributed by atoms with Gasteiger partial charge in [0.2, 0.25) is 0 Å². The number of hydrogen-bond donors (Lipinski definition) is 0. The summed E-state index contributed by atoms with van der Waals surface area (Å²) in [6.45, 7) is 0. The summed E-state index contributed by atoms with van der Waals surface area (Å²) in [6, 6.07) is 1.85. The zero-order valence-electron chi connectivity index (χ0n) is 7.30. The Morgan fingerprint density at radius 1 is 1.33 bits per heavy atom. The van der Waals surface area contributed by atoms with E-state index < -0.39 is 11.4 Å². The Hall–Kier alpha value is -0.0400. The molecule has 1 aliphatic rings. The topological polar surface area (TPSA) is 63.9 Å². The van der Waals surface area contributed by atoms with Crippen LogP contribution in [0.15, 0.2) is 0 Å². The molecule has 4 heteroatoms. The fraction of sp³-hybridized carbons (Fsp3) is 0.750. The van der Waals surface area contributed by atoms with Gasteiger partial charge in [0.25, 0.3) is 0 Å². The van der Waals surface area contributed by atoms with Crippen LogP contribution in [0.4, 0.5) is 0 Å². The van der Waals surface area contributed by atoms with Crippen molar-refractivity contribution < 1.29 is 39.5 Å². The third-order valence-electron chi connectivity index (χ3n) is 2.31. The maximum Gasteiger partial charge on any atom is 1.00 e. The molecule has 0 aromatic carbocycles. The average molecular weight is 175 g/mol. The van der Waals surface area contributed by atoms with Crippen LogP contribution in [0, 0.1) is 16.7 Å². The predicted molar refractivity (Wildman–Crippen MR) is 36.1 cm³/mol. The molecule has 0 radical (unpaired) electrons. The SMILES string of the molecule is N#CC1(C(=O)[O-])CCCCC1.[Na+]. The van der Waals surface area contributed by atoms with E-state index in [4.69, 9.17) is 5.26 Å². The van der Waals surface area contributed by atoms with Gasteiger partial charge in [0.15, 0.2) is 0 Å². The average Bonchev–Trinajstić information content (AvgIpc) is 2.05. The molecule has 0 unspecified atom stereocenters. The third kappa shape index (κ3) is 2.22. The van der Waals surface area contributed by atoms with Gasteiger partial charge < -0.3 is 9.90 Å². The van der Waals surface area contributed by atoms with E-state index in [1.54, 1.807) is 0 Å². The maximum absolute atomic E-state index is 10.6. The number of nitriles is 1. The Labute approximate surface area is 94.0 Å². The van der Waals surface area contributed by atoms with Crippen LogP contribution in [0.5, 0.6) is 0 Å². The van der Waals surface area contributed by atoms with E-state index in [0.29, 0.717) is 12.8 Å². The van der Waals surface area contributed by atoms with Crippen LogP contribution in [0.3, 0.4) is 0 Å². The van der Waals surface area contributed by atoms with E-state index in [1.165, 1.54) is 0 Å². The summed E-state index contributed by atoms with van der Waals surface area (Å²) in [5, 5.41) is 19.2. The van der Waals surface area contributed by atoms with Crippen molar-refractivity contribution in [2.45, 2.75) is 32.1 Å². The van der Waals surface area contributed by atoms with Gasteiger partial charge in [-0.1, -0.05) is 19.3 Å². The molecule has 3 nitrogen and oxygen atoms in total. The van der Waals surface area contributed by atoms with E-state index in [9.17, 15) is 9.90 Å². The molecule has 0 atom stereocenters. The number of carbonyl (C=O) groups is 1. The van der Waals surface area contributed by atoms with Crippen molar-refractivity contribution in [3.63, 3.8) is 0 Å². The Bertz CT molecular complexity index is 204. The molecule has 1 fully saturated rings. The largest absolute Gasteiger partial charge is 1.00 e. The molecular weight excluding hydrogens is 165 g/mol. The number of nitrogens with zero attached hydrogens (tertiary/aromatic N) is 1. The number of aliphatic carboxylic acids is 1. The van der Waals surface area contributed by atoms with E-state index >= 15 is 0 Å². The molecule has 0 aromatic rings. The predicted octanol–water partition coefficient (Wildman–Crippen LogP) is -2.79. The first-order valence-corrected chi connectivity index (χ1v) is 3.84. The van der Waals surface area contributed by atoms with Gasteiger partial charge >= 0.3 is 29.6 Å². The molecule has 0 spiro atoms. The zero-order valence-corrected chi connectivity index (χ0v) is 9.30. The summed E-state index contributed by atoms with van der Waals surface area (Å²) in [5.41, 5.74) is -1.17. The van der Waals surface area contributed by atoms with Crippen molar-refractivity contribution in [3.8, 4) is 6.07 Å². The van der Waals surface area contributed by atoms with Crippen LogP contribution >= 0.6 is 0 Å². The maximum atomic E-state index is 10.6. The molecule has 0 aromatic heterocycles. The van der Waals surface area contributed by atoms with Crippen molar-refractivity contribution in [1.82, 2.24) is 0 Å². The summed E-state index contributed by atoms with van der Waals surface area (Å²) < 4.78 is 0. The minimum absolute atomic E-state index is 0. The fourth-order valence-electron chi connectivity index (χ4n) is 1.52. The first-order chi connectivity index (χ1) is 5.21. The molecule has 60 valence electrons. The monoisotopic (exact) mass is 175 g/mol. The summed E-state index contributed by atoms with van der Waals surface area (Å²) in [4.78, 5) is 10.6. The van der Waals surface area contributed by atoms with Crippen LogP contribution in [0.1, 0.15) is 32.1 Å². The van der Waals surface area contributed by atoms with Crippen molar-refractivity contribution in [1.29, 1.82) is 5.26 Å². The van der Waals surface area contributed by atoms with E-state index in [2.05, 4.69) is 0 Å². The Kier molecular flexibility index (Phi) is 4.84. The molecule has 0 aliphatic heterocycles.